The lowest BCUT2D eigenvalue weighted by molar-refractivity contribution is 0.299. The van der Waals surface area contributed by atoms with Crippen LogP contribution in [0.25, 0.3) is 0 Å². The van der Waals surface area contributed by atoms with Crippen molar-refractivity contribution < 1.29 is 0 Å². The molecule has 2 atom stereocenters. The highest BCUT2D eigenvalue weighted by atomic mass is 14.9. The summed E-state index contributed by atoms with van der Waals surface area (Å²) >= 11 is 0. The molecule has 1 radical (unpaired) electrons. The quantitative estimate of drug-likeness (QED) is 0.463. The summed E-state index contributed by atoms with van der Waals surface area (Å²) in [6, 6.07) is 0. The van der Waals surface area contributed by atoms with Crippen molar-refractivity contribution in [1.82, 2.24) is 5.32 Å². The van der Waals surface area contributed by atoms with Crippen LogP contribution in [0.2, 0.25) is 0 Å². The molecule has 0 aromatic rings. The highest BCUT2D eigenvalue weighted by Gasteiger charge is 2.29. The summed E-state index contributed by atoms with van der Waals surface area (Å²) in [5, 5.41) is 4.43. The van der Waals surface area contributed by atoms with Gasteiger partial charge in [0, 0.05) is 13.1 Å². The lowest BCUT2D eigenvalue weighted by atomic mass is 9.82. The third-order valence-corrected chi connectivity index (χ3v) is 2.79. The molecule has 1 heteroatoms. The second-order valence-electron chi connectivity index (χ2n) is 3.39. The first-order chi connectivity index (χ1) is 4.47. The number of hydrogen-bond acceptors (Lipinski definition) is 0. The lowest BCUT2D eigenvalue weighted by Crippen LogP contribution is -2.16. The molecule has 2 fully saturated rings. The van der Waals surface area contributed by atoms with E-state index < -0.39 is 0 Å². The Labute approximate surface area is 56.8 Å². The van der Waals surface area contributed by atoms with E-state index in [-0.39, 0.29) is 0 Å². The van der Waals surface area contributed by atoms with Crippen LogP contribution in [0.4, 0.5) is 0 Å². The van der Waals surface area contributed by atoms with E-state index in [0.717, 1.165) is 11.8 Å². The van der Waals surface area contributed by atoms with Crippen LogP contribution in [-0.2, 0) is 0 Å². The zero-order chi connectivity index (χ0) is 6.10. The van der Waals surface area contributed by atoms with Crippen LogP contribution >= 0.6 is 0 Å². The minimum absolute atomic E-state index is 0.999. The smallest absolute Gasteiger partial charge is 0.0164 e. The molecule has 2 unspecified atom stereocenters. The molecule has 1 aliphatic heterocycles. The minimum Gasteiger partial charge on any atom is -0.241 e. The van der Waals surface area contributed by atoms with E-state index in [1.807, 2.05) is 0 Å². The van der Waals surface area contributed by atoms with Crippen LogP contribution in [0.15, 0.2) is 0 Å². The Balaban J connectivity index is 1.97. The summed E-state index contributed by atoms with van der Waals surface area (Å²) in [5.41, 5.74) is 0. The fraction of sp³-hybridized carbons (Fsp3) is 1.00. The van der Waals surface area contributed by atoms with Gasteiger partial charge < -0.3 is 0 Å². The van der Waals surface area contributed by atoms with E-state index in [2.05, 4.69) is 5.32 Å². The maximum atomic E-state index is 4.43. The van der Waals surface area contributed by atoms with E-state index in [0.29, 0.717) is 0 Å². The maximum Gasteiger partial charge on any atom is 0.0164 e. The van der Waals surface area contributed by atoms with Gasteiger partial charge in [-0.1, -0.05) is 12.8 Å². The average molecular weight is 124 g/mol. The zero-order valence-electron chi connectivity index (χ0n) is 5.84. The third-order valence-electron chi connectivity index (χ3n) is 2.79. The second-order valence-corrected chi connectivity index (χ2v) is 3.39. The van der Waals surface area contributed by atoms with Crippen molar-refractivity contribution in [3.63, 3.8) is 0 Å². The van der Waals surface area contributed by atoms with E-state index in [4.69, 9.17) is 0 Å². The third kappa shape index (κ3) is 0.983. The molecule has 0 bridgehead atoms. The molecule has 2 aliphatic rings. The molecule has 1 heterocycles. The molecule has 51 valence electrons. The number of nitrogens with zero attached hydrogens (tertiary/aromatic N) is 1. The largest absolute Gasteiger partial charge is 0.241 e. The summed E-state index contributed by atoms with van der Waals surface area (Å²) in [4.78, 5) is 0. The summed E-state index contributed by atoms with van der Waals surface area (Å²) < 4.78 is 0. The van der Waals surface area contributed by atoms with Crippen LogP contribution in [-0.4, -0.2) is 13.1 Å². The molecule has 1 saturated heterocycles. The van der Waals surface area contributed by atoms with Gasteiger partial charge in [-0.2, -0.15) is 0 Å². The van der Waals surface area contributed by atoms with Gasteiger partial charge >= 0.3 is 0 Å². The lowest BCUT2D eigenvalue weighted by Gasteiger charge is -2.22. The van der Waals surface area contributed by atoms with Gasteiger partial charge in [0.25, 0.3) is 0 Å². The SMILES string of the molecule is C1CCC2C[N]CC2C1. The molecular formula is C8H14N. The number of fused-ring (bicyclic) bond motifs is 1. The van der Waals surface area contributed by atoms with Crippen molar-refractivity contribution in [1.29, 1.82) is 0 Å². The summed E-state index contributed by atoms with van der Waals surface area (Å²) in [5.74, 6) is 2.00. The van der Waals surface area contributed by atoms with Gasteiger partial charge in [0.2, 0.25) is 0 Å². The number of rotatable bonds is 0. The Bertz CT molecular complexity index is 88.7. The summed E-state index contributed by atoms with van der Waals surface area (Å²) in [7, 11) is 0. The van der Waals surface area contributed by atoms with Crippen molar-refractivity contribution in [3.8, 4) is 0 Å². The van der Waals surface area contributed by atoms with Crippen LogP contribution in [0.1, 0.15) is 25.7 Å². The van der Waals surface area contributed by atoms with Gasteiger partial charge in [-0.3, -0.25) is 0 Å². The molecule has 1 nitrogen and oxygen atoms in total. The van der Waals surface area contributed by atoms with Crippen LogP contribution in [0, 0.1) is 11.8 Å². The molecule has 9 heavy (non-hydrogen) atoms. The molecular weight excluding hydrogens is 110 g/mol. The first kappa shape index (κ1) is 5.72. The topological polar surface area (TPSA) is 14.1 Å². The minimum atomic E-state index is 0.999. The molecule has 1 aliphatic carbocycles. The molecule has 0 amide bonds. The Morgan fingerprint density at radius 2 is 1.44 bits per heavy atom. The predicted octanol–water partition coefficient (Wildman–Crippen LogP) is 1.41. The Kier molecular flexibility index (Phi) is 1.46. The number of hydrogen-bond donors (Lipinski definition) is 0. The van der Waals surface area contributed by atoms with Gasteiger partial charge in [-0.05, 0) is 24.7 Å². The average Bonchev–Trinajstić information content (AvgIpc) is 2.33. The first-order valence-corrected chi connectivity index (χ1v) is 4.10. The zero-order valence-corrected chi connectivity index (χ0v) is 5.84. The maximum absolute atomic E-state index is 4.43. The van der Waals surface area contributed by atoms with E-state index in [1.54, 1.807) is 0 Å². The highest BCUT2D eigenvalue weighted by Crippen LogP contribution is 2.32. The standard InChI is InChI=1S/C8H14N/c1-2-4-8-6-9-5-7(8)3-1/h7-8H,1-6H2. The summed E-state index contributed by atoms with van der Waals surface area (Å²) in [6.07, 6.45) is 5.87. The van der Waals surface area contributed by atoms with Crippen LogP contribution in [0.5, 0.6) is 0 Å². The molecule has 2 rings (SSSR count). The van der Waals surface area contributed by atoms with E-state index in [1.165, 1.54) is 38.8 Å². The van der Waals surface area contributed by atoms with E-state index in [9.17, 15) is 0 Å². The van der Waals surface area contributed by atoms with Gasteiger partial charge in [-0.15, -0.1) is 0 Å². The Morgan fingerprint density at radius 1 is 0.889 bits per heavy atom. The van der Waals surface area contributed by atoms with Crippen molar-refractivity contribution in [2.24, 2.45) is 11.8 Å². The van der Waals surface area contributed by atoms with Gasteiger partial charge in [0.05, 0.1) is 0 Å². The molecule has 0 aromatic heterocycles. The van der Waals surface area contributed by atoms with Gasteiger partial charge in [-0.25, -0.2) is 5.32 Å². The monoisotopic (exact) mass is 124 g/mol. The highest BCUT2D eigenvalue weighted by molar-refractivity contribution is 4.83. The van der Waals surface area contributed by atoms with Crippen LogP contribution in [0.3, 0.4) is 0 Å². The molecule has 0 aromatic carbocycles. The Hall–Kier alpha value is -0.0400. The second kappa shape index (κ2) is 2.30. The fourth-order valence-electron chi connectivity index (χ4n) is 2.17. The van der Waals surface area contributed by atoms with Gasteiger partial charge in [0.15, 0.2) is 0 Å². The molecule has 0 N–H and O–H groups in total. The normalized spacial score (nSPS) is 42.7. The van der Waals surface area contributed by atoms with Crippen molar-refractivity contribution >= 4 is 0 Å². The van der Waals surface area contributed by atoms with Crippen molar-refractivity contribution in [3.05, 3.63) is 0 Å². The van der Waals surface area contributed by atoms with Crippen molar-refractivity contribution in [2.75, 3.05) is 13.1 Å². The van der Waals surface area contributed by atoms with Crippen LogP contribution < -0.4 is 5.32 Å². The fourth-order valence-corrected chi connectivity index (χ4v) is 2.17. The van der Waals surface area contributed by atoms with E-state index >= 15 is 0 Å². The van der Waals surface area contributed by atoms with Crippen molar-refractivity contribution in [2.45, 2.75) is 25.7 Å². The Morgan fingerprint density at radius 3 is 2.00 bits per heavy atom. The predicted molar refractivity (Wildman–Crippen MR) is 37.3 cm³/mol. The first-order valence-electron chi connectivity index (χ1n) is 4.10. The summed E-state index contributed by atoms with van der Waals surface area (Å²) in [6.45, 7) is 2.37. The molecule has 1 saturated carbocycles. The van der Waals surface area contributed by atoms with Gasteiger partial charge in [0.1, 0.15) is 0 Å². The molecule has 0 spiro atoms.